The van der Waals surface area contributed by atoms with E-state index in [1.807, 2.05) is 0 Å². The highest BCUT2D eigenvalue weighted by Gasteiger charge is 2.22. The van der Waals surface area contributed by atoms with Gasteiger partial charge in [-0.3, -0.25) is 0 Å². The molecule has 0 spiro atoms. The SMILES string of the molecule is c1ccc(-c2ccc3c(c2)c2cc(-c4ccccc4)ccc2n3-c2ccc(-c3nc(-c4cccc5sc6ccccc6c45)nc(-c4cccc5sc6ccccc6c45)n3)cc2-c2ccccc2)cc1. The lowest BCUT2D eigenvalue weighted by Gasteiger charge is -2.16. The van der Waals surface area contributed by atoms with Crippen LogP contribution >= 0.6 is 22.7 Å². The van der Waals surface area contributed by atoms with Gasteiger partial charge < -0.3 is 4.57 Å². The average molecular weight is 915 g/mol. The molecule has 4 aromatic heterocycles. The second-order valence-corrected chi connectivity index (χ2v) is 19.7. The third-order valence-electron chi connectivity index (χ3n) is 13.5. The molecular formula is C63H38N4S2. The topological polar surface area (TPSA) is 43.6 Å². The van der Waals surface area contributed by atoms with Gasteiger partial charge in [-0.05, 0) is 94.5 Å². The third kappa shape index (κ3) is 6.60. The molecule has 0 unspecified atom stereocenters. The van der Waals surface area contributed by atoms with Crippen LogP contribution in [0.5, 0.6) is 0 Å². The van der Waals surface area contributed by atoms with Crippen molar-refractivity contribution in [1.82, 2.24) is 19.5 Å². The predicted molar refractivity (Wildman–Crippen MR) is 293 cm³/mol. The molecule has 14 rings (SSSR count). The van der Waals surface area contributed by atoms with Crippen LogP contribution in [0.3, 0.4) is 0 Å². The normalized spacial score (nSPS) is 11.8. The monoisotopic (exact) mass is 914 g/mol. The van der Waals surface area contributed by atoms with Gasteiger partial charge in [-0.25, -0.2) is 15.0 Å². The minimum atomic E-state index is 0.619. The Kier molecular flexibility index (Phi) is 9.22. The molecule has 0 bridgehead atoms. The lowest BCUT2D eigenvalue weighted by Crippen LogP contribution is -2.02. The number of aromatic nitrogens is 4. The Morgan fingerprint density at radius 2 is 0.710 bits per heavy atom. The van der Waals surface area contributed by atoms with Gasteiger partial charge in [-0.1, -0.05) is 164 Å². The number of hydrogen-bond donors (Lipinski definition) is 0. The fourth-order valence-electron chi connectivity index (χ4n) is 10.3. The number of benzene rings is 10. The van der Waals surface area contributed by atoms with Crippen molar-refractivity contribution >= 4 is 84.8 Å². The van der Waals surface area contributed by atoms with E-state index in [0.29, 0.717) is 17.5 Å². The zero-order chi connectivity index (χ0) is 45.4. The van der Waals surface area contributed by atoms with E-state index in [1.165, 1.54) is 62.6 Å². The molecule has 6 heteroatoms. The van der Waals surface area contributed by atoms with E-state index in [-0.39, 0.29) is 0 Å². The highest BCUT2D eigenvalue weighted by molar-refractivity contribution is 7.26. The molecule has 0 N–H and O–H groups in total. The second kappa shape index (κ2) is 16.1. The second-order valence-electron chi connectivity index (χ2n) is 17.5. The van der Waals surface area contributed by atoms with Gasteiger partial charge in [0.15, 0.2) is 17.5 Å². The van der Waals surface area contributed by atoms with Gasteiger partial charge in [-0.2, -0.15) is 0 Å². The molecule has 322 valence electrons. The first-order valence-corrected chi connectivity index (χ1v) is 24.8. The summed E-state index contributed by atoms with van der Waals surface area (Å²) in [6.07, 6.45) is 0. The van der Waals surface area contributed by atoms with Gasteiger partial charge in [0.1, 0.15) is 0 Å². The summed E-state index contributed by atoms with van der Waals surface area (Å²) < 4.78 is 7.33. The van der Waals surface area contributed by atoms with E-state index in [2.05, 4.69) is 235 Å². The van der Waals surface area contributed by atoms with Crippen LogP contribution in [0.4, 0.5) is 0 Å². The molecule has 69 heavy (non-hydrogen) atoms. The van der Waals surface area contributed by atoms with Crippen molar-refractivity contribution in [2.75, 3.05) is 0 Å². The molecule has 0 aliphatic carbocycles. The maximum absolute atomic E-state index is 5.45. The fraction of sp³-hybridized carbons (Fsp3) is 0. The first-order chi connectivity index (χ1) is 34.2. The number of rotatable bonds is 7. The smallest absolute Gasteiger partial charge is 0.164 e. The van der Waals surface area contributed by atoms with Gasteiger partial charge in [0, 0.05) is 73.4 Å². The number of fused-ring (bicyclic) bond motifs is 9. The van der Waals surface area contributed by atoms with Crippen LogP contribution < -0.4 is 0 Å². The molecule has 4 nitrogen and oxygen atoms in total. The first-order valence-electron chi connectivity index (χ1n) is 23.2. The quantitative estimate of drug-likeness (QED) is 0.160. The Bertz CT molecular complexity index is 4070. The summed E-state index contributed by atoms with van der Waals surface area (Å²) in [7, 11) is 0. The largest absolute Gasteiger partial charge is 0.309 e. The van der Waals surface area contributed by atoms with Gasteiger partial charge in [0.25, 0.3) is 0 Å². The van der Waals surface area contributed by atoms with Crippen LogP contribution in [0, 0.1) is 0 Å². The van der Waals surface area contributed by atoms with Crippen molar-refractivity contribution in [3.63, 3.8) is 0 Å². The molecule has 14 aromatic rings. The molecule has 0 saturated carbocycles. The fourth-order valence-corrected chi connectivity index (χ4v) is 12.6. The summed E-state index contributed by atoms with van der Waals surface area (Å²) in [6.45, 7) is 0. The van der Waals surface area contributed by atoms with Crippen molar-refractivity contribution in [1.29, 1.82) is 0 Å². The van der Waals surface area contributed by atoms with Gasteiger partial charge in [0.2, 0.25) is 0 Å². The van der Waals surface area contributed by atoms with Gasteiger partial charge >= 0.3 is 0 Å². The Balaban J connectivity index is 1.02. The van der Waals surface area contributed by atoms with Crippen molar-refractivity contribution in [2.24, 2.45) is 0 Å². The Hall–Kier alpha value is -8.55. The van der Waals surface area contributed by atoms with E-state index < -0.39 is 0 Å². The van der Waals surface area contributed by atoms with Crippen molar-refractivity contribution in [2.45, 2.75) is 0 Å². The van der Waals surface area contributed by atoms with Crippen LogP contribution in [0.2, 0.25) is 0 Å². The summed E-state index contributed by atoms with van der Waals surface area (Å²) in [5.41, 5.74) is 13.2. The van der Waals surface area contributed by atoms with E-state index in [9.17, 15) is 0 Å². The lowest BCUT2D eigenvalue weighted by atomic mass is 9.99. The Labute approximate surface area is 405 Å². The third-order valence-corrected chi connectivity index (χ3v) is 15.8. The summed E-state index contributed by atoms with van der Waals surface area (Å²) in [4.78, 5) is 16.3. The molecular weight excluding hydrogens is 877 g/mol. The van der Waals surface area contributed by atoms with E-state index >= 15 is 0 Å². The molecule has 4 heterocycles. The number of thiophene rings is 2. The zero-order valence-electron chi connectivity index (χ0n) is 37.0. The van der Waals surface area contributed by atoms with E-state index in [1.54, 1.807) is 22.7 Å². The Morgan fingerprint density at radius 1 is 0.275 bits per heavy atom. The molecule has 0 atom stereocenters. The minimum Gasteiger partial charge on any atom is -0.309 e. The average Bonchev–Trinajstić information content (AvgIpc) is 4.11. The van der Waals surface area contributed by atoms with Crippen LogP contribution in [-0.4, -0.2) is 19.5 Å². The lowest BCUT2D eigenvalue weighted by molar-refractivity contribution is 1.08. The molecule has 0 amide bonds. The Morgan fingerprint density at radius 3 is 1.23 bits per heavy atom. The summed E-state index contributed by atoms with van der Waals surface area (Å²) in [5, 5.41) is 7.14. The van der Waals surface area contributed by atoms with Gasteiger partial charge in [-0.15, -0.1) is 22.7 Å². The van der Waals surface area contributed by atoms with Crippen molar-refractivity contribution < 1.29 is 0 Å². The summed E-state index contributed by atoms with van der Waals surface area (Å²) in [6, 6.07) is 82.9. The maximum atomic E-state index is 5.45. The summed E-state index contributed by atoms with van der Waals surface area (Å²) in [5.74, 6) is 1.92. The van der Waals surface area contributed by atoms with Crippen LogP contribution in [-0.2, 0) is 0 Å². The maximum Gasteiger partial charge on any atom is 0.164 e. The molecule has 10 aromatic carbocycles. The van der Waals surface area contributed by atoms with E-state index in [0.717, 1.165) is 55.3 Å². The zero-order valence-corrected chi connectivity index (χ0v) is 38.7. The van der Waals surface area contributed by atoms with Crippen LogP contribution in [0.1, 0.15) is 0 Å². The van der Waals surface area contributed by atoms with Crippen LogP contribution in [0.25, 0.3) is 135 Å². The molecule has 0 aliphatic heterocycles. The highest BCUT2D eigenvalue weighted by Crippen LogP contribution is 2.44. The molecule has 0 saturated heterocycles. The molecule has 0 aliphatic rings. The summed E-state index contributed by atoms with van der Waals surface area (Å²) >= 11 is 3.61. The highest BCUT2D eigenvalue weighted by atomic mass is 32.1. The van der Waals surface area contributed by atoms with Crippen molar-refractivity contribution in [3.05, 3.63) is 231 Å². The molecule has 0 radical (unpaired) electrons. The van der Waals surface area contributed by atoms with Crippen molar-refractivity contribution in [3.8, 4) is 73.2 Å². The number of nitrogens with zero attached hydrogens (tertiary/aromatic N) is 4. The number of hydrogen-bond acceptors (Lipinski definition) is 5. The van der Waals surface area contributed by atoms with E-state index in [4.69, 9.17) is 15.0 Å². The van der Waals surface area contributed by atoms with Crippen LogP contribution in [0.15, 0.2) is 231 Å². The predicted octanol–water partition coefficient (Wildman–Crippen LogP) is 17.7. The standard InChI is InChI=1S/C63H38N4S2/c1-4-16-39(17-5-1)42-30-33-53-50(36-42)51-37-43(40-18-6-2-7-19-40)31-34-54(51)67(53)52-35-32-44(38-49(52)41-20-8-3-9-21-41)61-64-62(47-24-14-28-57-59(47)45-22-10-12-26-55(45)68-57)66-63(65-61)48-25-15-29-58-60(48)46-23-11-13-27-56(46)69-58/h1-38H. The molecule has 0 fully saturated rings. The van der Waals surface area contributed by atoms with Gasteiger partial charge in [0.05, 0.1) is 16.7 Å². The first kappa shape index (κ1) is 39.6. The minimum absolute atomic E-state index is 0.619.